The summed E-state index contributed by atoms with van der Waals surface area (Å²) >= 11 is 1.70. The highest BCUT2D eigenvalue weighted by Gasteiger charge is 2.24. The second-order valence-corrected chi connectivity index (χ2v) is 7.70. The van der Waals surface area contributed by atoms with Crippen LogP contribution in [0, 0.1) is 11.3 Å². The first kappa shape index (κ1) is 18.2. The Morgan fingerprint density at radius 3 is 2.57 bits per heavy atom. The van der Waals surface area contributed by atoms with Crippen LogP contribution in [0.3, 0.4) is 0 Å². The summed E-state index contributed by atoms with van der Waals surface area (Å²) in [6, 6.07) is 4.28. The van der Waals surface area contributed by atoms with E-state index in [1.807, 2.05) is 6.07 Å². The largest absolute Gasteiger partial charge is 0.348 e. The fourth-order valence-electron chi connectivity index (χ4n) is 2.65. The average molecular weight is 311 g/mol. The molecule has 2 unspecified atom stereocenters. The number of hydrogen-bond donors (Lipinski definition) is 2. The highest BCUT2D eigenvalue weighted by atomic mass is 32.1. The number of nitrogens with one attached hydrogen (secondary N) is 1. The van der Waals surface area contributed by atoms with Gasteiger partial charge in [-0.3, -0.25) is 4.79 Å². The van der Waals surface area contributed by atoms with Crippen LogP contribution in [-0.4, -0.2) is 12.5 Å². The maximum atomic E-state index is 12.2. The van der Waals surface area contributed by atoms with E-state index in [0.717, 1.165) is 19.3 Å². The average Bonchev–Trinajstić information content (AvgIpc) is 2.93. The molecule has 2 atom stereocenters. The van der Waals surface area contributed by atoms with Gasteiger partial charge in [0, 0.05) is 11.3 Å². The summed E-state index contributed by atoms with van der Waals surface area (Å²) in [7, 11) is 0. The van der Waals surface area contributed by atoms with E-state index < -0.39 is 0 Å². The first-order chi connectivity index (χ1) is 9.88. The Morgan fingerprint density at radius 2 is 2.10 bits per heavy atom. The van der Waals surface area contributed by atoms with Crippen LogP contribution in [-0.2, 0) is 4.79 Å². The molecular formula is C17H30N2OS. The van der Waals surface area contributed by atoms with Crippen LogP contribution in [0.2, 0.25) is 0 Å². The summed E-state index contributed by atoms with van der Waals surface area (Å²) in [5.41, 5.74) is 5.91. The van der Waals surface area contributed by atoms with Crippen molar-refractivity contribution in [2.75, 3.05) is 6.54 Å². The van der Waals surface area contributed by atoms with Crippen LogP contribution in [0.15, 0.2) is 17.5 Å². The summed E-state index contributed by atoms with van der Waals surface area (Å²) in [4.78, 5) is 13.4. The van der Waals surface area contributed by atoms with E-state index in [1.165, 1.54) is 4.88 Å². The van der Waals surface area contributed by atoms with E-state index in [2.05, 4.69) is 44.5 Å². The monoisotopic (exact) mass is 310 g/mol. The third-order valence-corrected chi connectivity index (χ3v) is 5.08. The van der Waals surface area contributed by atoms with Gasteiger partial charge in [-0.05, 0) is 48.6 Å². The molecule has 0 aliphatic rings. The Bertz CT molecular complexity index is 409. The van der Waals surface area contributed by atoms with E-state index in [-0.39, 0.29) is 17.4 Å². The molecule has 1 aromatic rings. The molecule has 0 spiro atoms. The Hall–Kier alpha value is -0.870. The zero-order chi connectivity index (χ0) is 15.9. The van der Waals surface area contributed by atoms with Gasteiger partial charge in [0.05, 0.1) is 6.04 Å². The van der Waals surface area contributed by atoms with Crippen molar-refractivity contribution in [1.29, 1.82) is 0 Å². The van der Waals surface area contributed by atoms with E-state index in [0.29, 0.717) is 18.9 Å². The van der Waals surface area contributed by atoms with Crippen molar-refractivity contribution in [1.82, 2.24) is 5.32 Å². The molecule has 0 radical (unpaired) electrons. The summed E-state index contributed by atoms with van der Waals surface area (Å²) in [6.07, 6.45) is 3.41. The van der Waals surface area contributed by atoms with Crippen molar-refractivity contribution in [3.05, 3.63) is 22.4 Å². The molecule has 0 aliphatic heterocycles. The molecule has 1 rings (SSSR count). The smallest absolute Gasteiger partial charge is 0.220 e. The second kappa shape index (κ2) is 8.54. The number of carbonyl (C=O) groups excluding carboxylic acids is 1. The number of hydrogen-bond acceptors (Lipinski definition) is 3. The number of amides is 1. The lowest BCUT2D eigenvalue weighted by atomic mass is 9.76. The molecule has 0 aliphatic carbocycles. The van der Waals surface area contributed by atoms with Crippen molar-refractivity contribution in [2.24, 2.45) is 17.1 Å². The summed E-state index contributed by atoms with van der Waals surface area (Å²) in [6.45, 7) is 9.48. The number of rotatable bonds is 8. The predicted molar refractivity (Wildman–Crippen MR) is 91.3 cm³/mol. The van der Waals surface area contributed by atoms with Crippen LogP contribution in [0.1, 0.15) is 64.3 Å². The van der Waals surface area contributed by atoms with Gasteiger partial charge in [-0.25, -0.2) is 0 Å². The van der Waals surface area contributed by atoms with Crippen molar-refractivity contribution in [3.63, 3.8) is 0 Å². The maximum absolute atomic E-state index is 12.2. The maximum Gasteiger partial charge on any atom is 0.220 e. The molecule has 0 bridgehead atoms. The Balaban J connectivity index is 2.49. The molecule has 1 amide bonds. The molecule has 1 heterocycles. The molecule has 0 saturated heterocycles. The minimum Gasteiger partial charge on any atom is -0.348 e. The number of nitrogens with two attached hydrogens (primary N) is 1. The Labute approximate surface area is 133 Å². The minimum atomic E-state index is 0.153. The topological polar surface area (TPSA) is 55.1 Å². The van der Waals surface area contributed by atoms with E-state index in [1.54, 1.807) is 11.3 Å². The predicted octanol–water partition coefficient (Wildman–Crippen LogP) is 4.11. The van der Waals surface area contributed by atoms with Crippen molar-refractivity contribution in [3.8, 4) is 0 Å². The van der Waals surface area contributed by atoms with Gasteiger partial charge >= 0.3 is 0 Å². The summed E-state index contributed by atoms with van der Waals surface area (Å²) in [5.74, 6) is 0.650. The van der Waals surface area contributed by atoms with Crippen molar-refractivity contribution >= 4 is 17.2 Å². The second-order valence-electron chi connectivity index (χ2n) is 6.72. The molecule has 0 saturated carbocycles. The van der Waals surface area contributed by atoms with Gasteiger partial charge in [0.25, 0.3) is 0 Å². The van der Waals surface area contributed by atoms with E-state index in [9.17, 15) is 4.79 Å². The zero-order valence-electron chi connectivity index (χ0n) is 13.8. The van der Waals surface area contributed by atoms with Gasteiger partial charge < -0.3 is 11.1 Å². The highest BCUT2D eigenvalue weighted by molar-refractivity contribution is 7.10. The number of thiophene rings is 1. The molecule has 1 aromatic heterocycles. The number of carbonyl (C=O) groups is 1. The van der Waals surface area contributed by atoms with Crippen molar-refractivity contribution < 1.29 is 4.79 Å². The summed E-state index contributed by atoms with van der Waals surface area (Å²) < 4.78 is 0. The molecule has 21 heavy (non-hydrogen) atoms. The molecule has 4 heteroatoms. The molecular weight excluding hydrogens is 280 g/mol. The van der Waals surface area contributed by atoms with Gasteiger partial charge in [-0.2, -0.15) is 0 Å². The third-order valence-electron chi connectivity index (χ3n) is 4.09. The van der Waals surface area contributed by atoms with Gasteiger partial charge in [-0.15, -0.1) is 11.3 Å². The Kier molecular flexibility index (Phi) is 7.40. The molecule has 0 fully saturated rings. The first-order valence-corrected chi connectivity index (χ1v) is 8.79. The lowest BCUT2D eigenvalue weighted by Gasteiger charge is -2.30. The van der Waals surface area contributed by atoms with Gasteiger partial charge in [0.2, 0.25) is 5.91 Å². The van der Waals surface area contributed by atoms with Crippen LogP contribution < -0.4 is 11.1 Å². The molecule has 3 N–H and O–H groups in total. The Morgan fingerprint density at radius 1 is 1.38 bits per heavy atom. The van der Waals surface area contributed by atoms with Crippen LogP contribution >= 0.6 is 11.3 Å². The van der Waals surface area contributed by atoms with Crippen LogP contribution in [0.25, 0.3) is 0 Å². The lowest BCUT2D eigenvalue weighted by molar-refractivity contribution is -0.122. The highest BCUT2D eigenvalue weighted by Crippen LogP contribution is 2.32. The SMILES string of the molecule is CCC(NC(=O)CCC(CCN)C(C)(C)C)c1cccs1. The van der Waals surface area contributed by atoms with Gasteiger partial charge in [-0.1, -0.05) is 33.8 Å². The van der Waals surface area contributed by atoms with Gasteiger partial charge in [0.15, 0.2) is 0 Å². The normalized spacial score (nSPS) is 14.7. The van der Waals surface area contributed by atoms with E-state index in [4.69, 9.17) is 5.73 Å². The minimum absolute atomic E-state index is 0.153. The molecule has 0 aromatic carbocycles. The fraction of sp³-hybridized carbons (Fsp3) is 0.706. The third kappa shape index (κ3) is 6.18. The lowest BCUT2D eigenvalue weighted by Crippen LogP contribution is -2.30. The van der Waals surface area contributed by atoms with Crippen LogP contribution in [0.5, 0.6) is 0 Å². The van der Waals surface area contributed by atoms with Crippen LogP contribution in [0.4, 0.5) is 0 Å². The van der Waals surface area contributed by atoms with Gasteiger partial charge in [0.1, 0.15) is 0 Å². The zero-order valence-corrected chi connectivity index (χ0v) is 14.6. The first-order valence-electron chi connectivity index (χ1n) is 7.91. The molecule has 120 valence electrons. The van der Waals surface area contributed by atoms with E-state index >= 15 is 0 Å². The van der Waals surface area contributed by atoms with Crippen molar-refractivity contribution in [2.45, 2.75) is 59.4 Å². The fourth-order valence-corrected chi connectivity index (χ4v) is 3.51. The summed E-state index contributed by atoms with van der Waals surface area (Å²) in [5, 5.41) is 5.21. The quantitative estimate of drug-likeness (QED) is 0.759. The molecule has 3 nitrogen and oxygen atoms in total. The standard InChI is InChI=1S/C17H30N2OS/c1-5-14(15-7-6-12-21-15)19-16(20)9-8-13(10-11-18)17(2,3)4/h6-7,12-14H,5,8-11,18H2,1-4H3,(H,19,20).